The molecule has 1 saturated heterocycles. The van der Waals surface area contributed by atoms with Crippen LogP contribution in [0.5, 0.6) is 0 Å². The number of nitrogens with one attached hydrogen (secondary N) is 1. The van der Waals surface area contributed by atoms with Crippen LogP contribution in [0.4, 0.5) is 5.69 Å². The first kappa shape index (κ1) is 16.0. The summed E-state index contributed by atoms with van der Waals surface area (Å²) in [6.45, 7) is 2.57. The van der Waals surface area contributed by atoms with Gasteiger partial charge in [-0.15, -0.1) is 0 Å². The second kappa shape index (κ2) is 6.41. The minimum atomic E-state index is -0.530. The Morgan fingerprint density at radius 3 is 2.69 bits per heavy atom. The third-order valence-corrected chi connectivity index (χ3v) is 4.58. The Labute approximate surface area is 149 Å². The fraction of sp³-hybridized carbons (Fsp3) is 0.211. The van der Waals surface area contributed by atoms with Gasteiger partial charge in [-0.2, -0.15) is 5.26 Å². The van der Waals surface area contributed by atoms with Crippen LogP contribution in [-0.2, 0) is 0 Å². The Morgan fingerprint density at radius 2 is 1.92 bits per heavy atom. The molecule has 0 unspecified atom stereocenters. The largest absolute Gasteiger partial charge is 0.417 e. The predicted molar refractivity (Wildman–Crippen MR) is 96.1 cm³/mol. The van der Waals surface area contributed by atoms with Crippen LogP contribution in [0.1, 0.15) is 15.9 Å². The zero-order chi connectivity index (χ0) is 18.1. The number of amides is 1. The molecule has 2 aromatic carbocycles. The highest BCUT2D eigenvalue weighted by Crippen LogP contribution is 2.20. The summed E-state index contributed by atoms with van der Waals surface area (Å²) in [7, 11) is 0. The molecular weight excluding hydrogens is 332 g/mol. The van der Waals surface area contributed by atoms with E-state index in [0.717, 1.165) is 5.69 Å². The minimum absolute atomic E-state index is 0.0822. The van der Waals surface area contributed by atoms with Gasteiger partial charge in [-0.25, -0.2) is 4.79 Å². The highest BCUT2D eigenvalue weighted by molar-refractivity contribution is 5.97. The average molecular weight is 348 g/mol. The second-order valence-electron chi connectivity index (χ2n) is 6.17. The van der Waals surface area contributed by atoms with Crippen molar-refractivity contribution in [2.24, 2.45) is 0 Å². The van der Waals surface area contributed by atoms with Crippen molar-refractivity contribution in [3.63, 3.8) is 0 Å². The number of benzene rings is 2. The maximum atomic E-state index is 12.7. The number of fused-ring (bicyclic) bond motifs is 1. The van der Waals surface area contributed by atoms with Gasteiger partial charge in [-0.1, -0.05) is 6.07 Å². The lowest BCUT2D eigenvalue weighted by atomic mass is 10.1. The number of carbonyl (C=O) groups is 1. The quantitative estimate of drug-likeness (QED) is 0.764. The maximum Gasteiger partial charge on any atom is 0.417 e. The number of rotatable bonds is 2. The number of oxazole rings is 1. The van der Waals surface area contributed by atoms with Crippen LogP contribution in [0.25, 0.3) is 11.1 Å². The molecule has 1 aliphatic heterocycles. The Morgan fingerprint density at radius 1 is 1.12 bits per heavy atom. The minimum Gasteiger partial charge on any atom is -0.408 e. The van der Waals surface area contributed by atoms with Gasteiger partial charge < -0.3 is 14.2 Å². The molecule has 1 N–H and O–H groups in total. The first-order chi connectivity index (χ1) is 12.6. The first-order valence-electron chi connectivity index (χ1n) is 8.31. The number of hydrogen-bond donors (Lipinski definition) is 1. The van der Waals surface area contributed by atoms with Gasteiger partial charge in [-0.05, 0) is 36.4 Å². The number of carbonyl (C=O) groups excluding carboxylic acids is 1. The topological polar surface area (TPSA) is 93.3 Å². The lowest BCUT2D eigenvalue weighted by molar-refractivity contribution is 0.0747. The Hall–Kier alpha value is -3.53. The van der Waals surface area contributed by atoms with Crippen molar-refractivity contribution in [1.29, 1.82) is 5.26 Å². The lowest BCUT2D eigenvalue weighted by Gasteiger charge is -2.36. The second-order valence-corrected chi connectivity index (χ2v) is 6.17. The summed E-state index contributed by atoms with van der Waals surface area (Å²) in [4.78, 5) is 30.5. The molecule has 1 aromatic heterocycles. The van der Waals surface area contributed by atoms with Crippen molar-refractivity contribution in [2.75, 3.05) is 31.1 Å². The lowest BCUT2D eigenvalue weighted by Crippen LogP contribution is -2.48. The normalized spacial score (nSPS) is 14.4. The van der Waals surface area contributed by atoms with Gasteiger partial charge in [0.1, 0.15) is 0 Å². The summed E-state index contributed by atoms with van der Waals surface area (Å²) in [5, 5.41) is 9.03. The molecule has 3 aromatic rings. The fourth-order valence-electron chi connectivity index (χ4n) is 3.20. The van der Waals surface area contributed by atoms with Gasteiger partial charge >= 0.3 is 5.76 Å². The number of piperazine rings is 1. The van der Waals surface area contributed by atoms with E-state index in [1.165, 1.54) is 0 Å². The number of nitriles is 1. The molecule has 26 heavy (non-hydrogen) atoms. The molecule has 7 heteroatoms. The van der Waals surface area contributed by atoms with Gasteiger partial charge in [-0.3, -0.25) is 9.78 Å². The number of nitrogens with zero attached hydrogens (tertiary/aromatic N) is 3. The van der Waals surface area contributed by atoms with Gasteiger partial charge in [0.15, 0.2) is 5.58 Å². The highest BCUT2D eigenvalue weighted by atomic mass is 16.4. The molecule has 0 radical (unpaired) electrons. The smallest absolute Gasteiger partial charge is 0.408 e. The zero-order valence-corrected chi connectivity index (χ0v) is 13.9. The molecule has 0 spiro atoms. The van der Waals surface area contributed by atoms with Crippen LogP contribution in [-0.4, -0.2) is 42.0 Å². The van der Waals surface area contributed by atoms with Gasteiger partial charge in [0, 0.05) is 37.4 Å². The van der Waals surface area contributed by atoms with E-state index in [-0.39, 0.29) is 5.91 Å². The van der Waals surface area contributed by atoms with Crippen LogP contribution in [0.15, 0.2) is 51.7 Å². The van der Waals surface area contributed by atoms with Crippen molar-refractivity contribution >= 4 is 22.7 Å². The van der Waals surface area contributed by atoms with Crippen molar-refractivity contribution in [3.8, 4) is 6.07 Å². The van der Waals surface area contributed by atoms with Crippen LogP contribution >= 0.6 is 0 Å². The molecule has 0 aliphatic carbocycles. The number of aromatic amines is 1. The van der Waals surface area contributed by atoms with Crippen molar-refractivity contribution < 1.29 is 9.21 Å². The van der Waals surface area contributed by atoms with Crippen molar-refractivity contribution in [1.82, 2.24) is 9.88 Å². The molecule has 1 aliphatic rings. The molecule has 1 amide bonds. The van der Waals surface area contributed by atoms with Crippen molar-refractivity contribution in [2.45, 2.75) is 0 Å². The molecule has 0 atom stereocenters. The number of aromatic nitrogens is 1. The summed E-state index contributed by atoms with van der Waals surface area (Å²) in [6, 6.07) is 14.6. The molecular formula is C19H16N4O3. The Kier molecular flexibility index (Phi) is 3.93. The molecule has 1 fully saturated rings. The Balaban J connectivity index is 1.47. The van der Waals surface area contributed by atoms with E-state index in [2.05, 4.69) is 16.0 Å². The molecule has 130 valence electrons. The highest BCUT2D eigenvalue weighted by Gasteiger charge is 2.23. The third kappa shape index (κ3) is 2.93. The van der Waals surface area contributed by atoms with Gasteiger partial charge in [0.05, 0.1) is 17.1 Å². The summed E-state index contributed by atoms with van der Waals surface area (Å²) < 4.78 is 5.03. The van der Waals surface area contributed by atoms with Crippen molar-refractivity contribution in [3.05, 3.63) is 64.1 Å². The molecule has 2 heterocycles. The van der Waals surface area contributed by atoms with Crippen LogP contribution < -0.4 is 10.7 Å². The van der Waals surface area contributed by atoms with Crippen LogP contribution in [0, 0.1) is 11.3 Å². The zero-order valence-electron chi connectivity index (χ0n) is 13.9. The summed E-state index contributed by atoms with van der Waals surface area (Å²) in [6.07, 6.45) is 0. The molecule has 0 bridgehead atoms. The van der Waals surface area contributed by atoms with Gasteiger partial charge in [0.25, 0.3) is 5.91 Å². The summed E-state index contributed by atoms with van der Waals surface area (Å²) >= 11 is 0. The van der Waals surface area contributed by atoms with Crippen LogP contribution in [0.3, 0.4) is 0 Å². The van der Waals surface area contributed by atoms with E-state index in [1.807, 2.05) is 18.2 Å². The van der Waals surface area contributed by atoms with E-state index in [1.54, 1.807) is 29.2 Å². The van der Waals surface area contributed by atoms with E-state index < -0.39 is 5.76 Å². The van der Waals surface area contributed by atoms with Crippen LogP contribution in [0.2, 0.25) is 0 Å². The fourth-order valence-corrected chi connectivity index (χ4v) is 3.20. The summed E-state index contributed by atoms with van der Waals surface area (Å²) in [5.74, 6) is -0.612. The maximum absolute atomic E-state index is 12.7. The molecule has 0 saturated carbocycles. The first-order valence-corrected chi connectivity index (χ1v) is 8.31. The molecule has 4 rings (SSSR count). The monoisotopic (exact) mass is 348 g/mol. The average Bonchev–Trinajstić information content (AvgIpc) is 3.06. The summed E-state index contributed by atoms with van der Waals surface area (Å²) in [5.41, 5.74) is 3.08. The SMILES string of the molecule is N#Cc1cccc(N2CCN(C(=O)c3ccc4[nH]c(=O)oc4c3)CC2)c1. The predicted octanol–water partition coefficient (Wildman–Crippen LogP) is 1.96. The van der Waals surface area contributed by atoms with E-state index in [0.29, 0.717) is 48.4 Å². The van der Waals surface area contributed by atoms with E-state index in [4.69, 9.17) is 9.68 Å². The standard InChI is InChI=1S/C19H16N4O3/c20-12-13-2-1-3-15(10-13)22-6-8-23(9-7-22)18(24)14-4-5-16-17(11-14)26-19(25)21-16/h1-5,10-11H,6-9H2,(H,21,25). The van der Waals surface area contributed by atoms with E-state index >= 15 is 0 Å². The number of anilines is 1. The Bertz CT molecular complexity index is 1070. The number of H-pyrrole nitrogens is 1. The molecule has 7 nitrogen and oxygen atoms in total. The third-order valence-electron chi connectivity index (χ3n) is 4.58. The van der Waals surface area contributed by atoms with Gasteiger partial charge in [0.2, 0.25) is 0 Å². The number of hydrogen-bond acceptors (Lipinski definition) is 5. The van der Waals surface area contributed by atoms with E-state index in [9.17, 15) is 9.59 Å².